The number of aryl methyl sites for hydroxylation is 2. The molecule has 166 valence electrons. The first-order valence-corrected chi connectivity index (χ1v) is 10.4. The zero-order chi connectivity index (χ0) is 23.7. The van der Waals surface area contributed by atoms with Gasteiger partial charge in [0.1, 0.15) is 5.58 Å². The zero-order valence-corrected chi connectivity index (χ0v) is 18.5. The van der Waals surface area contributed by atoms with Crippen LogP contribution in [0, 0.1) is 24.0 Å². The Morgan fingerprint density at radius 1 is 1.06 bits per heavy atom. The van der Waals surface area contributed by atoms with Crippen LogP contribution in [0.1, 0.15) is 21.5 Å². The van der Waals surface area contributed by atoms with Crippen molar-refractivity contribution in [3.05, 3.63) is 103 Å². The third-order valence-corrected chi connectivity index (χ3v) is 5.66. The molecule has 0 radical (unpaired) electrons. The van der Waals surface area contributed by atoms with Crippen LogP contribution in [0.2, 0.25) is 5.02 Å². The maximum absolute atomic E-state index is 13.4. The Kier molecular flexibility index (Phi) is 5.98. The molecule has 0 N–H and O–H groups in total. The summed E-state index contributed by atoms with van der Waals surface area (Å²) in [5, 5.41) is 11.5. The van der Waals surface area contributed by atoms with E-state index in [-0.39, 0.29) is 22.8 Å². The van der Waals surface area contributed by atoms with Gasteiger partial charge in [0.25, 0.3) is 5.69 Å². The summed E-state index contributed by atoms with van der Waals surface area (Å²) < 4.78 is 11.8. The van der Waals surface area contributed by atoms with Crippen LogP contribution < -0.4 is 10.2 Å². The Hall–Kier alpha value is -3.97. The molecule has 0 atom stereocenters. The summed E-state index contributed by atoms with van der Waals surface area (Å²) >= 11 is 6.35. The molecule has 0 unspecified atom stereocenters. The monoisotopic (exact) mass is 463 g/mol. The van der Waals surface area contributed by atoms with E-state index < -0.39 is 22.7 Å². The van der Waals surface area contributed by atoms with Crippen molar-refractivity contribution in [1.82, 2.24) is 0 Å². The summed E-state index contributed by atoms with van der Waals surface area (Å²) in [6.45, 7) is 3.34. The third kappa shape index (κ3) is 4.36. The fourth-order valence-electron chi connectivity index (χ4n) is 3.38. The van der Waals surface area contributed by atoms with E-state index in [1.54, 1.807) is 36.4 Å². The van der Waals surface area contributed by atoms with E-state index >= 15 is 0 Å². The van der Waals surface area contributed by atoms with Crippen LogP contribution in [-0.2, 0) is 0 Å². The largest absolute Gasteiger partial charge is 0.478 e. The number of rotatable bonds is 6. The molecule has 0 fully saturated rings. The third-order valence-electron chi connectivity index (χ3n) is 5.33. The molecule has 0 saturated heterocycles. The molecule has 0 saturated carbocycles. The van der Waals surface area contributed by atoms with Crippen molar-refractivity contribution < 1.29 is 18.9 Å². The number of ether oxygens (including phenoxy) is 1. The Labute approximate surface area is 193 Å². The summed E-state index contributed by atoms with van der Waals surface area (Å²) in [5.74, 6) is -0.457. The molecule has 8 heteroatoms. The molecule has 0 aliphatic heterocycles. The highest BCUT2D eigenvalue weighted by molar-refractivity contribution is 6.33. The average molecular weight is 464 g/mol. The van der Waals surface area contributed by atoms with Crippen LogP contribution in [0.25, 0.3) is 22.3 Å². The van der Waals surface area contributed by atoms with Crippen molar-refractivity contribution in [2.75, 3.05) is 6.61 Å². The maximum Gasteiger partial charge on any atom is 0.269 e. The second-order valence-electron chi connectivity index (χ2n) is 7.52. The van der Waals surface area contributed by atoms with E-state index in [1.165, 1.54) is 24.3 Å². The molecule has 0 bridgehead atoms. The summed E-state index contributed by atoms with van der Waals surface area (Å²) in [6, 6.07) is 15.5. The van der Waals surface area contributed by atoms with Crippen molar-refractivity contribution in [2.24, 2.45) is 0 Å². The topological polar surface area (TPSA) is 99.7 Å². The molecule has 7 nitrogen and oxygen atoms in total. The highest BCUT2D eigenvalue weighted by atomic mass is 35.5. The molecule has 4 rings (SSSR count). The number of ketones is 1. The number of fused-ring (bicyclic) bond motifs is 1. The molecule has 0 amide bonds. The van der Waals surface area contributed by atoms with Gasteiger partial charge in [-0.1, -0.05) is 23.7 Å². The van der Waals surface area contributed by atoms with Gasteiger partial charge in [0.15, 0.2) is 18.2 Å². The van der Waals surface area contributed by atoms with Crippen LogP contribution in [0.3, 0.4) is 0 Å². The number of nitro benzene ring substituents is 1. The molecule has 33 heavy (non-hydrogen) atoms. The first-order valence-electron chi connectivity index (χ1n) is 9.99. The van der Waals surface area contributed by atoms with Gasteiger partial charge >= 0.3 is 0 Å². The second kappa shape index (κ2) is 8.88. The SMILES string of the molecule is Cc1cc2oc(-c3ccccc3Cl)c(OCC(=O)c3ccc([N+](=O)[O-])cc3)c(=O)c2cc1C. The van der Waals surface area contributed by atoms with Gasteiger partial charge < -0.3 is 9.15 Å². The zero-order valence-electron chi connectivity index (χ0n) is 17.8. The number of Topliss-reactive ketones (excluding diaryl/α,β-unsaturated/α-hetero) is 1. The van der Waals surface area contributed by atoms with Crippen molar-refractivity contribution in [1.29, 1.82) is 0 Å². The lowest BCUT2D eigenvalue weighted by molar-refractivity contribution is -0.384. The van der Waals surface area contributed by atoms with Crippen LogP contribution in [0.4, 0.5) is 5.69 Å². The normalized spacial score (nSPS) is 10.9. The molecule has 0 aliphatic rings. The van der Waals surface area contributed by atoms with Gasteiger partial charge in [-0.2, -0.15) is 0 Å². The first kappa shape index (κ1) is 22.2. The van der Waals surface area contributed by atoms with Gasteiger partial charge in [-0.3, -0.25) is 19.7 Å². The van der Waals surface area contributed by atoms with Gasteiger partial charge in [-0.15, -0.1) is 0 Å². The number of carbonyl (C=O) groups excluding carboxylic acids is 1. The minimum Gasteiger partial charge on any atom is -0.478 e. The maximum atomic E-state index is 13.4. The van der Waals surface area contributed by atoms with Gasteiger partial charge in [0, 0.05) is 23.3 Å². The molecule has 0 aliphatic carbocycles. The van der Waals surface area contributed by atoms with Crippen molar-refractivity contribution in [2.45, 2.75) is 13.8 Å². The number of carbonyl (C=O) groups is 1. The Morgan fingerprint density at radius 2 is 1.73 bits per heavy atom. The molecule has 1 aromatic heterocycles. The highest BCUT2D eigenvalue weighted by Gasteiger charge is 2.21. The quantitative estimate of drug-likeness (QED) is 0.200. The highest BCUT2D eigenvalue weighted by Crippen LogP contribution is 2.35. The minimum atomic E-state index is -0.551. The van der Waals surface area contributed by atoms with Gasteiger partial charge in [-0.05, 0) is 61.4 Å². The van der Waals surface area contributed by atoms with E-state index in [9.17, 15) is 19.7 Å². The molecule has 3 aromatic carbocycles. The molecular weight excluding hydrogens is 446 g/mol. The van der Waals surface area contributed by atoms with Crippen LogP contribution in [0.15, 0.2) is 69.9 Å². The number of non-ortho nitro benzene ring substituents is 1. The summed E-state index contributed by atoms with van der Waals surface area (Å²) in [4.78, 5) is 36.3. The lowest BCUT2D eigenvalue weighted by atomic mass is 10.0. The summed E-state index contributed by atoms with van der Waals surface area (Å²) in [7, 11) is 0. The second-order valence-corrected chi connectivity index (χ2v) is 7.92. The van der Waals surface area contributed by atoms with Crippen LogP contribution in [-0.4, -0.2) is 17.3 Å². The van der Waals surface area contributed by atoms with Gasteiger partial charge in [0.05, 0.1) is 15.3 Å². The Bertz CT molecular complexity index is 1460. The predicted octanol–water partition coefficient (Wildman–Crippen LogP) is 5.90. The van der Waals surface area contributed by atoms with Crippen molar-refractivity contribution in [3.8, 4) is 17.1 Å². The predicted molar refractivity (Wildman–Crippen MR) is 125 cm³/mol. The summed E-state index contributed by atoms with van der Waals surface area (Å²) in [6.07, 6.45) is 0. The fourth-order valence-corrected chi connectivity index (χ4v) is 3.60. The number of halogens is 1. The van der Waals surface area contributed by atoms with E-state index in [0.717, 1.165) is 11.1 Å². The van der Waals surface area contributed by atoms with E-state index in [1.807, 2.05) is 13.8 Å². The molecule has 4 aromatic rings. The molecule has 1 heterocycles. The smallest absolute Gasteiger partial charge is 0.269 e. The number of nitrogens with zero attached hydrogens (tertiary/aromatic N) is 1. The van der Waals surface area contributed by atoms with E-state index in [0.29, 0.717) is 21.6 Å². The van der Waals surface area contributed by atoms with Crippen LogP contribution >= 0.6 is 11.6 Å². The van der Waals surface area contributed by atoms with Crippen LogP contribution in [0.5, 0.6) is 5.75 Å². The standard InChI is InChI=1S/C25H18ClNO6/c1-14-11-19-22(12-15(14)2)33-24(18-5-3-4-6-20(18)26)25(23(19)29)32-13-21(28)16-7-9-17(10-8-16)27(30)31/h3-12H,13H2,1-2H3. The molecular formula is C25H18ClNO6. The van der Waals surface area contributed by atoms with E-state index in [2.05, 4.69) is 0 Å². The van der Waals surface area contributed by atoms with Crippen molar-refractivity contribution in [3.63, 3.8) is 0 Å². The fraction of sp³-hybridized carbons (Fsp3) is 0.120. The Morgan fingerprint density at radius 3 is 2.39 bits per heavy atom. The number of hydrogen-bond acceptors (Lipinski definition) is 6. The van der Waals surface area contributed by atoms with E-state index in [4.69, 9.17) is 20.8 Å². The number of benzene rings is 3. The lowest BCUT2D eigenvalue weighted by Gasteiger charge is -2.13. The number of nitro groups is 1. The summed E-state index contributed by atoms with van der Waals surface area (Å²) in [5.41, 5.74) is 2.36. The molecule has 0 spiro atoms. The van der Waals surface area contributed by atoms with Crippen molar-refractivity contribution >= 4 is 34.0 Å². The first-order chi connectivity index (χ1) is 15.8. The van der Waals surface area contributed by atoms with Gasteiger partial charge in [-0.25, -0.2) is 0 Å². The Balaban J connectivity index is 1.77. The average Bonchev–Trinajstić information content (AvgIpc) is 2.80. The minimum absolute atomic E-state index is 0.123. The number of hydrogen-bond donors (Lipinski definition) is 0. The van der Waals surface area contributed by atoms with Gasteiger partial charge in [0.2, 0.25) is 11.2 Å². The lowest BCUT2D eigenvalue weighted by Crippen LogP contribution is -2.17.